The minimum absolute atomic E-state index is 0.0236. The van der Waals surface area contributed by atoms with Gasteiger partial charge in [0.05, 0.1) is 5.56 Å². The first-order valence-electron chi connectivity index (χ1n) is 7.70. The van der Waals surface area contributed by atoms with Crippen LogP contribution in [0.25, 0.3) is 0 Å². The van der Waals surface area contributed by atoms with Crippen LogP contribution in [0.15, 0.2) is 5.16 Å². The van der Waals surface area contributed by atoms with Crippen molar-refractivity contribution < 1.29 is 19.5 Å². The number of Topliss-reactive ketones (excluding diaryl/α,β-unsaturated/α-hetero) is 1. The van der Waals surface area contributed by atoms with Gasteiger partial charge in [-0.2, -0.15) is 0 Å². The van der Waals surface area contributed by atoms with Crippen LogP contribution in [-0.4, -0.2) is 28.0 Å². The summed E-state index contributed by atoms with van der Waals surface area (Å²) in [5, 5.41) is 14.3. The highest BCUT2D eigenvalue weighted by atomic mass is 16.7. The zero-order valence-corrected chi connectivity index (χ0v) is 15.1. The summed E-state index contributed by atoms with van der Waals surface area (Å²) in [6.07, 6.45) is 0. The molecule has 0 atom stereocenters. The lowest BCUT2D eigenvalue weighted by Crippen LogP contribution is -2.53. The Kier molecular flexibility index (Phi) is 3.95. The fraction of sp³-hybridized carbons (Fsp3) is 0.556. The number of carbonyl (C=O) groups is 1. The Morgan fingerprint density at radius 1 is 0.913 bits per heavy atom. The Morgan fingerprint density at radius 2 is 1.43 bits per heavy atom. The number of aromatic hydroxyl groups is 1. The van der Waals surface area contributed by atoms with Gasteiger partial charge in [-0.05, 0) is 82.8 Å². The van der Waals surface area contributed by atoms with E-state index in [4.69, 9.17) is 9.57 Å². The largest absolute Gasteiger partial charge is 0.507 e. The second-order valence-corrected chi connectivity index (χ2v) is 7.16. The highest BCUT2D eigenvalue weighted by Gasteiger charge is 2.47. The number of ether oxygens (including phenoxy) is 1. The molecule has 0 bridgehead atoms. The minimum Gasteiger partial charge on any atom is -0.507 e. The zero-order chi connectivity index (χ0) is 17.7. The molecule has 0 unspecified atom stereocenters. The predicted octanol–water partition coefficient (Wildman–Crippen LogP) is 3.73. The summed E-state index contributed by atoms with van der Waals surface area (Å²) >= 11 is 0. The van der Waals surface area contributed by atoms with E-state index in [9.17, 15) is 9.90 Å². The molecule has 1 heterocycles. The number of rotatable bonds is 2. The van der Waals surface area contributed by atoms with Crippen LogP contribution < -0.4 is 0 Å². The highest BCUT2D eigenvalue weighted by molar-refractivity contribution is 6.44. The number of nitrogens with zero attached hydrogens (tertiary/aromatic N) is 1. The Balaban J connectivity index is 2.54. The van der Waals surface area contributed by atoms with Gasteiger partial charge in [-0.15, -0.1) is 0 Å². The molecule has 0 aromatic heterocycles. The Morgan fingerprint density at radius 3 is 1.96 bits per heavy atom. The smallest absolute Gasteiger partial charge is 0.300 e. The summed E-state index contributed by atoms with van der Waals surface area (Å²) in [6.45, 7) is 14.8. The molecule has 0 spiro atoms. The average Bonchev–Trinajstić information content (AvgIpc) is 2.46. The van der Waals surface area contributed by atoms with Crippen molar-refractivity contribution >= 4 is 11.7 Å². The molecule has 2 rings (SSSR count). The number of oxime groups is 1. The Bertz CT molecular complexity index is 685. The summed E-state index contributed by atoms with van der Waals surface area (Å²) in [5.41, 5.74) is 2.20. The van der Waals surface area contributed by atoms with Crippen LogP contribution >= 0.6 is 0 Å². The lowest BCUT2D eigenvalue weighted by Gasteiger charge is -2.42. The van der Waals surface area contributed by atoms with Gasteiger partial charge < -0.3 is 14.7 Å². The molecule has 126 valence electrons. The van der Waals surface area contributed by atoms with Gasteiger partial charge >= 0.3 is 0 Å². The normalized spacial score (nSPS) is 18.7. The van der Waals surface area contributed by atoms with E-state index in [1.165, 1.54) is 0 Å². The van der Waals surface area contributed by atoms with Gasteiger partial charge in [0.25, 0.3) is 11.7 Å². The second kappa shape index (κ2) is 5.25. The van der Waals surface area contributed by atoms with Crippen molar-refractivity contribution in [2.24, 2.45) is 5.16 Å². The van der Waals surface area contributed by atoms with E-state index >= 15 is 0 Å². The second-order valence-electron chi connectivity index (χ2n) is 7.16. The van der Waals surface area contributed by atoms with E-state index in [1.54, 1.807) is 6.92 Å². The van der Waals surface area contributed by atoms with Crippen molar-refractivity contribution in [1.82, 2.24) is 0 Å². The van der Waals surface area contributed by atoms with Crippen molar-refractivity contribution in [1.29, 1.82) is 0 Å². The van der Waals surface area contributed by atoms with Crippen LogP contribution in [0, 0.1) is 27.7 Å². The van der Waals surface area contributed by atoms with Gasteiger partial charge in [0, 0.05) is 0 Å². The van der Waals surface area contributed by atoms with Gasteiger partial charge in [0.15, 0.2) is 5.60 Å². The summed E-state index contributed by atoms with van der Waals surface area (Å²) in [7, 11) is 0. The monoisotopic (exact) mass is 319 g/mol. The third-order valence-electron chi connectivity index (χ3n) is 5.23. The van der Waals surface area contributed by atoms with E-state index < -0.39 is 17.0 Å². The van der Waals surface area contributed by atoms with Crippen LogP contribution in [0.4, 0.5) is 0 Å². The van der Waals surface area contributed by atoms with Crippen molar-refractivity contribution in [2.45, 2.75) is 66.6 Å². The molecule has 0 fully saturated rings. The number of phenols is 1. The summed E-state index contributed by atoms with van der Waals surface area (Å²) < 4.78 is 5.79. The van der Waals surface area contributed by atoms with Crippen molar-refractivity contribution in [2.75, 3.05) is 0 Å². The quantitative estimate of drug-likeness (QED) is 0.843. The first kappa shape index (κ1) is 17.3. The van der Waals surface area contributed by atoms with Crippen LogP contribution in [0.1, 0.15) is 60.3 Å². The third-order valence-corrected chi connectivity index (χ3v) is 5.23. The number of benzene rings is 1. The lowest BCUT2D eigenvalue weighted by molar-refractivity contribution is -0.164. The van der Waals surface area contributed by atoms with Gasteiger partial charge in [-0.1, -0.05) is 0 Å². The maximum atomic E-state index is 12.9. The fourth-order valence-electron chi connectivity index (χ4n) is 2.41. The highest BCUT2D eigenvalue weighted by Crippen LogP contribution is 2.36. The van der Waals surface area contributed by atoms with E-state index in [-0.39, 0.29) is 17.2 Å². The minimum atomic E-state index is -0.724. The Hall–Kier alpha value is -2.04. The molecule has 5 nitrogen and oxygen atoms in total. The van der Waals surface area contributed by atoms with Crippen molar-refractivity contribution in [3.05, 3.63) is 27.8 Å². The molecule has 0 saturated carbocycles. The van der Waals surface area contributed by atoms with Crippen LogP contribution in [-0.2, 0) is 9.57 Å². The number of hydrogen-bond donors (Lipinski definition) is 1. The van der Waals surface area contributed by atoms with Gasteiger partial charge in [0.1, 0.15) is 11.4 Å². The number of carbonyl (C=O) groups excluding carboxylic acids is 1. The number of phenolic OH excluding ortho intramolecular Hbond substituents is 1. The van der Waals surface area contributed by atoms with E-state index in [0.29, 0.717) is 5.56 Å². The van der Waals surface area contributed by atoms with Crippen LogP contribution in [0.3, 0.4) is 0 Å². The molecule has 1 aliphatic heterocycles. The molecule has 0 saturated heterocycles. The Labute approximate surface area is 137 Å². The SMILES string of the molecule is Cc1c(C)c(C)c(C(=O)C2=NOC(C)(C)C(C)(C)O2)c(O)c1C. The zero-order valence-electron chi connectivity index (χ0n) is 15.1. The molecule has 1 N–H and O–H groups in total. The molecule has 0 amide bonds. The van der Waals surface area contributed by atoms with Gasteiger partial charge in [0.2, 0.25) is 0 Å². The summed E-state index contributed by atoms with van der Waals surface area (Å²) in [4.78, 5) is 18.3. The van der Waals surface area contributed by atoms with E-state index in [0.717, 1.165) is 16.7 Å². The average molecular weight is 319 g/mol. The fourth-order valence-corrected chi connectivity index (χ4v) is 2.41. The predicted molar refractivity (Wildman–Crippen MR) is 89.1 cm³/mol. The lowest BCUT2D eigenvalue weighted by atomic mass is 9.88. The van der Waals surface area contributed by atoms with E-state index in [1.807, 2.05) is 48.5 Å². The molecule has 23 heavy (non-hydrogen) atoms. The standard InChI is InChI=1S/C18H25NO4/c1-9-10(2)12(4)14(20)13(11(9)3)15(21)16-19-23-18(7,8)17(5,6)22-16/h20H,1-8H3. The molecule has 0 aliphatic carbocycles. The first-order chi connectivity index (χ1) is 10.4. The van der Waals surface area contributed by atoms with Gasteiger partial charge in [-0.3, -0.25) is 4.79 Å². The third kappa shape index (κ3) is 2.58. The van der Waals surface area contributed by atoms with E-state index in [2.05, 4.69) is 5.16 Å². The molecular formula is C18H25NO4. The molecule has 1 aromatic rings. The number of hydrogen-bond acceptors (Lipinski definition) is 5. The molecule has 0 radical (unpaired) electrons. The van der Waals surface area contributed by atoms with Crippen LogP contribution in [0.2, 0.25) is 0 Å². The summed E-state index contributed by atoms with van der Waals surface area (Å²) in [5.74, 6) is -0.616. The number of ketones is 1. The maximum Gasteiger partial charge on any atom is 0.300 e. The van der Waals surface area contributed by atoms with Crippen molar-refractivity contribution in [3.8, 4) is 5.75 Å². The molecule has 1 aliphatic rings. The molecule has 5 heteroatoms. The maximum absolute atomic E-state index is 12.9. The molecular weight excluding hydrogens is 294 g/mol. The van der Waals surface area contributed by atoms with Crippen molar-refractivity contribution in [3.63, 3.8) is 0 Å². The van der Waals surface area contributed by atoms with Crippen LogP contribution in [0.5, 0.6) is 5.75 Å². The topological polar surface area (TPSA) is 68.1 Å². The first-order valence-corrected chi connectivity index (χ1v) is 7.70. The summed E-state index contributed by atoms with van der Waals surface area (Å²) in [6, 6.07) is 0. The molecule has 1 aromatic carbocycles. The van der Waals surface area contributed by atoms with Gasteiger partial charge in [-0.25, -0.2) is 0 Å².